The maximum Gasteiger partial charge on any atom is 0.195 e. The van der Waals surface area contributed by atoms with Gasteiger partial charge in [-0.3, -0.25) is 4.79 Å². The van der Waals surface area contributed by atoms with Crippen molar-refractivity contribution in [1.82, 2.24) is 0 Å². The Bertz CT molecular complexity index is 735. The third-order valence-corrected chi connectivity index (χ3v) is 5.00. The van der Waals surface area contributed by atoms with E-state index in [1.54, 1.807) is 12.1 Å². The van der Waals surface area contributed by atoms with Crippen LogP contribution in [0.25, 0.3) is 0 Å². The molecule has 0 aliphatic rings. The molecule has 0 radical (unpaired) electrons. The van der Waals surface area contributed by atoms with Gasteiger partial charge in [0.1, 0.15) is 0 Å². The summed E-state index contributed by atoms with van der Waals surface area (Å²) in [4.78, 5) is 12.6. The number of ether oxygens (including phenoxy) is 1. The van der Waals surface area contributed by atoms with E-state index >= 15 is 0 Å². The highest BCUT2D eigenvalue weighted by Gasteiger charge is 2.19. The van der Waals surface area contributed by atoms with Crippen molar-refractivity contribution in [2.24, 2.45) is 0 Å². The second-order valence-electron chi connectivity index (χ2n) is 4.34. The minimum Gasteiger partial charge on any atom is -0.494 e. The molecule has 0 heterocycles. The summed E-state index contributed by atoms with van der Waals surface area (Å²) >= 11 is 16.2. The van der Waals surface area contributed by atoms with Crippen molar-refractivity contribution in [3.63, 3.8) is 0 Å². The van der Waals surface area contributed by atoms with Crippen LogP contribution >= 0.6 is 59.4 Å². The maximum absolute atomic E-state index is 13.6. The van der Waals surface area contributed by atoms with Crippen LogP contribution in [-0.2, 0) is 0 Å². The number of hydrogen-bond acceptors (Lipinski definition) is 2. The summed E-state index contributed by atoms with van der Waals surface area (Å²) in [5.74, 6) is -0.955. The monoisotopic (exact) mass is 512 g/mol. The summed E-state index contributed by atoms with van der Waals surface area (Å²) in [5.41, 5.74) is 1.56. The first-order valence-corrected chi connectivity index (χ1v) is 9.00. The molecule has 116 valence electrons. The van der Waals surface area contributed by atoms with Gasteiger partial charge in [-0.1, -0.05) is 65.5 Å². The molecule has 2 aromatic carbocycles. The lowest BCUT2D eigenvalue weighted by Gasteiger charge is -2.10. The second-order valence-corrected chi connectivity index (χ2v) is 8.66. The number of halogens is 5. The number of carbonyl (C=O) groups is 1. The largest absolute Gasteiger partial charge is 0.494 e. The Labute approximate surface area is 157 Å². The zero-order chi connectivity index (χ0) is 16.4. The van der Waals surface area contributed by atoms with E-state index in [1.807, 2.05) is 6.07 Å². The summed E-state index contributed by atoms with van der Waals surface area (Å²) in [6.45, 7) is 0. The van der Waals surface area contributed by atoms with Crippen LogP contribution in [0.4, 0.5) is 4.39 Å². The predicted octanol–water partition coefficient (Wildman–Crippen LogP) is 6.27. The number of methoxy groups -OCH3 is 1. The molecular formula is C15H9Br3ClFO2. The summed E-state index contributed by atoms with van der Waals surface area (Å²) in [5, 5.41) is 0.0399. The molecule has 0 N–H and O–H groups in total. The molecule has 0 spiro atoms. The molecule has 0 fully saturated rings. The van der Waals surface area contributed by atoms with Crippen molar-refractivity contribution in [3.8, 4) is 5.75 Å². The third-order valence-electron chi connectivity index (χ3n) is 2.98. The Morgan fingerprint density at radius 3 is 2.45 bits per heavy atom. The highest BCUT2D eigenvalue weighted by Crippen LogP contribution is 2.34. The van der Waals surface area contributed by atoms with Crippen molar-refractivity contribution in [3.05, 3.63) is 62.3 Å². The van der Waals surface area contributed by atoms with Crippen LogP contribution in [-0.4, -0.2) is 12.9 Å². The molecule has 0 unspecified atom stereocenters. The summed E-state index contributed by atoms with van der Waals surface area (Å²) in [6, 6.07) is 7.68. The van der Waals surface area contributed by atoms with Gasteiger partial charge in [-0.15, -0.1) is 0 Å². The molecule has 0 amide bonds. The first-order chi connectivity index (χ1) is 10.3. The van der Waals surface area contributed by atoms with Gasteiger partial charge in [0, 0.05) is 15.6 Å². The normalized spacial score (nSPS) is 10.9. The van der Waals surface area contributed by atoms with E-state index in [1.165, 1.54) is 13.2 Å². The molecule has 22 heavy (non-hydrogen) atoms. The van der Waals surface area contributed by atoms with E-state index < -0.39 is 5.82 Å². The number of ketones is 1. The Balaban J connectivity index is 2.48. The predicted molar refractivity (Wildman–Crippen MR) is 96.1 cm³/mol. The Hall–Kier alpha value is -0.430. The molecule has 0 bridgehead atoms. The van der Waals surface area contributed by atoms with Crippen molar-refractivity contribution in [2.45, 2.75) is 3.74 Å². The lowest BCUT2D eigenvalue weighted by atomic mass is 10.0. The SMILES string of the molecule is COc1cc(C(=O)c2ccc(C(Br)Br)cc2Br)c(Cl)cc1F. The highest BCUT2D eigenvalue weighted by atomic mass is 79.9. The fourth-order valence-corrected chi connectivity index (χ4v) is 3.24. The van der Waals surface area contributed by atoms with Gasteiger partial charge in [0.05, 0.1) is 15.9 Å². The molecule has 0 aliphatic carbocycles. The van der Waals surface area contributed by atoms with Gasteiger partial charge >= 0.3 is 0 Å². The Kier molecular flexibility index (Phi) is 6.05. The fourth-order valence-electron chi connectivity index (χ4n) is 1.86. The number of hydrogen-bond donors (Lipinski definition) is 0. The molecule has 0 saturated heterocycles. The third kappa shape index (κ3) is 3.72. The minimum absolute atomic E-state index is 0.0186. The highest BCUT2D eigenvalue weighted by molar-refractivity contribution is 9.24. The van der Waals surface area contributed by atoms with Crippen LogP contribution in [0.1, 0.15) is 25.2 Å². The topological polar surface area (TPSA) is 26.3 Å². The molecule has 0 atom stereocenters. The number of benzene rings is 2. The van der Waals surface area contributed by atoms with Gasteiger partial charge in [0.2, 0.25) is 0 Å². The molecule has 2 aromatic rings. The van der Waals surface area contributed by atoms with Crippen LogP contribution < -0.4 is 4.74 Å². The number of rotatable bonds is 4. The van der Waals surface area contributed by atoms with Gasteiger partial charge in [-0.2, -0.15) is 0 Å². The van der Waals surface area contributed by atoms with Crippen molar-refractivity contribution >= 4 is 65.2 Å². The van der Waals surface area contributed by atoms with Crippen LogP contribution in [0.5, 0.6) is 5.75 Å². The van der Waals surface area contributed by atoms with E-state index in [4.69, 9.17) is 16.3 Å². The van der Waals surface area contributed by atoms with Crippen LogP contribution in [0.15, 0.2) is 34.8 Å². The first-order valence-electron chi connectivity index (χ1n) is 6.00. The molecule has 0 aliphatic heterocycles. The smallest absolute Gasteiger partial charge is 0.195 e. The van der Waals surface area contributed by atoms with Crippen LogP contribution in [0.2, 0.25) is 5.02 Å². The summed E-state index contributed by atoms with van der Waals surface area (Å²) in [6.07, 6.45) is 0. The lowest BCUT2D eigenvalue weighted by Crippen LogP contribution is -2.05. The Morgan fingerprint density at radius 2 is 1.91 bits per heavy atom. The van der Waals surface area contributed by atoms with Gasteiger partial charge < -0.3 is 4.74 Å². The second kappa shape index (κ2) is 7.43. The zero-order valence-electron chi connectivity index (χ0n) is 11.2. The molecule has 0 saturated carbocycles. The van der Waals surface area contributed by atoms with Crippen molar-refractivity contribution in [2.75, 3.05) is 7.11 Å². The minimum atomic E-state index is -0.611. The standard InChI is InChI=1S/C15H9Br3ClFO2/c1-22-13-5-9(11(19)6-12(13)20)14(21)8-3-2-7(15(17)18)4-10(8)16/h2-6,15H,1H3. The van der Waals surface area contributed by atoms with Crippen LogP contribution in [0.3, 0.4) is 0 Å². The van der Waals surface area contributed by atoms with E-state index in [9.17, 15) is 9.18 Å². The van der Waals surface area contributed by atoms with Gasteiger partial charge in [-0.05, 0) is 29.8 Å². The number of carbonyl (C=O) groups excluding carboxylic acids is 1. The molecule has 2 rings (SSSR count). The van der Waals surface area contributed by atoms with Crippen molar-refractivity contribution < 1.29 is 13.9 Å². The maximum atomic E-state index is 13.6. The quantitative estimate of drug-likeness (QED) is 0.355. The molecule has 2 nitrogen and oxygen atoms in total. The molecule has 0 aromatic heterocycles. The van der Waals surface area contributed by atoms with Crippen molar-refractivity contribution in [1.29, 1.82) is 0 Å². The number of alkyl halides is 2. The van der Waals surface area contributed by atoms with E-state index in [0.717, 1.165) is 11.6 Å². The molecular weight excluding hydrogens is 506 g/mol. The molecule has 7 heteroatoms. The first kappa shape index (κ1) is 17.9. The van der Waals surface area contributed by atoms with Gasteiger partial charge in [0.15, 0.2) is 17.3 Å². The van der Waals surface area contributed by atoms with Gasteiger partial charge in [-0.25, -0.2) is 4.39 Å². The summed E-state index contributed by atoms with van der Waals surface area (Å²) < 4.78 is 19.1. The average Bonchev–Trinajstić information content (AvgIpc) is 2.46. The summed E-state index contributed by atoms with van der Waals surface area (Å²) in [7, 11) is 1.33. The lowest BCUT2D eigenvalue weighted by molar-refractivity contribution is 0.103. The van der Waals surface area contributed by atoms with E-state index in [-0.39, 0.29) is 25.9 Å². The Morgan fingerprint density at radius 1 is 1.23 bits per heavy atom. The fraction of sp³-hybridized carbons (Fsp3) is 0.133. The zero-order valence-corrected chi connectivity index (χ0v) is 16.7. The average molecular weight is 515 g/mol. The van der Waals surface area contributed by atoms with Crippen LogP contribution in [0, 0.1) is 5.82 Å². The van der Waals surface area contributed by atoms with Gasteiger partial charge in [0.25, 0.3) is 0 Å². The van der Waals surface area contributed by atoms with E-state index in [2.05, 4.69) is 47.8 Å². The van der Waals surface area contributed by atoms with E-state index in [0.29, 0.717) is 10.0 Å².